The smallest absolute Gasteiger partial charge is 1.00 e. The number of aryl methyl sites for hydroxylation is 1. The van der Waals surface area contributed by atoms with E-state index < -0.39 is 29.3 Å². The van der Waals surface area contributed by atoms with Crippen LogP contribution in [0.15, 0.2) is 80.8 Å². The topological polar surface area (TPSA) is 0 Å². The quantitative estimate of drug-likeness (QED) is 0.340. The Morgan fingerprint density at radius 1 is 0.698 bits per heavy atom. The number of allylic oxidation sites excluding steroid dienone is 4. The van der Waals surface area contributed by atoms with Crippen molar-refractivity contribution in [3.05, 3.63) is 114 Å². The van der Waals surface area contributed by atoms with E-state index in [1.54, 1.807) is 21.9 Å². The second-order valence-electron chi connectivity index (χ2n) is 15.7. The van der Waals surface area contributed by atoms with E-state index in [0.29, 0.717) is 9.54 Å². The van der Waals surface area contributed by atoms with Gasteiger partial charge in [0.05, 0.1) is 0 Å². The maximum absolute atomic E-state index is 2.80. The molecule has 0 heterocycles. The van der Waals surface area contributed by atoms with E-state index in [1.807, 2.05) is 3.28 Å². The molecule has 0 nitrogen and oxygen atoms in total. The minimum absolute atomic E-state index is 0. The fraction of sp³-hybridized carbons (Fsp3) is 0.410. The average molecular weight is 709 g/mol. The summed E-state index contributed by atoms with van der Waals surface area (Å²) < 4.78 is 5.10. The van der Waals surface area contributed by atoms with Crippen molar-refractivity contribution in [3.63, 3.8) is 0 Å². The summed E-state index contributed by atoms with van der Waals surface area (Å²) in [5.41, 5.74) is 13.7. The molecule has 5 rings (SSSR count). The van der Waals surface area contributed by atoms with Gasteiger partial charge >= 0.3 is 261 Å². The minimum Gasteiger partial charge on any atom is -1.00 e. The molecule has 228 valence electrons. The van der Waals surface area contributed by atoms with Crippen molar-refractivity contribution in [2.45, 2.75) is 96.4 Å². The van der Waals surface area contributed by atoms with Gasteiger partial charge in [-0.15, -0.1) is 0 Å². The molecule has 0 fully saturated rings. The van der Waals surface area contributed by atoms with Crippen LogP contribution in [0, 0.1) is 12.8 Å². The summed E-state index contributed by atoms with van der Waals surface area (Å²) in [4.78, 5) is 0. The maximum Gasteiger partial charge on any atom is -1.00 e. The second-order valence-corrected chi connectivity index (χ2v) is 26.4. The van der Waals surface area contributed by atoms with Gasteiger partial charge in [0.2, 0.25) is 0 Å². The molecule has 3 aromatic carbocycles. The molecule has 0 spiro atoms. The molecule has 0 saturated carbocycles. The molecule has 2 aliphatic carbocycles. The first-order chi connectivity index (χ1) is 19.0. The normalized spacial score (nSPS) is 16.8. The summed E-state index contributed by atoms with van der Waals surface area (Å²) in [5, 5.41) is 1.70. The molecule has 0 saturated heterocycles. The number of hydrogen-bond donors (Lipinski definition) is 0. The van der Waals surface area contributed by atoms with Crippen LogP contribution in [0.3, 0.4) is 0 Å². The first-order valence-corrected chi connectivity index (χ1v) is 23.0. The van der Waals surface area contributed by atoms with E-state index in [-0.39, 0.29) is 35.6 Å². The van der Waals surface area contributed by atoms with Gasteiger partial charge in [0.15, 0.2) is 0 Å². The number of fused-ring (bicyclic) bond motifs is 3. The van der Waals surface area contributed by atoms with Crippen molar-refractivity contribution in [2.24, 2.45) is 5.92 Å². The Morgan fingerprint density at radius 2 is 1.16 bits per heavy atom. The van der Waals surface area contributed by atoms with Crippen LogP contribution in [0.5, 0.6) is 0 Å². The number of hydrogen-bond acceptors (Lipinski definition) is 0. The van der Waals surface area contributed by atoms with E-state index in [2.05, 4.69) is 152 Å². The number of rotatable bonds is 4. The SMILES string of the molecule is CC1=[C](/[Zr+2](=[CH]\c2ccc(C)cc2)[CH]2c3cc(C(C)(C)C)ccc3-c3ccc(C(C)(C)C)cc32)C(C)C=C1[Si](C)(C)C.[Cl-].[Cl-]. The number of halogens is 2. The summed E-state index contributed by atoms with van der Waals surface area (Å²) >= 11 is -2.53. The molecular formula is C39H50Cl2SiZr. The Morgan fingerprint density at radius 3 is 1.56 bits per heavy atom. The monoisotopic (exact) mass is 706 g/mol. The molecule has 43 heavy (non-hydrogen) atoms. The zero-order valence-electron chi connectivity index (χ0n) is 28.3. The fourth-order valence-corrected chi connectivity index (χ4v) is 17.9. The van der Waals surface area contributed by atoms with Gasteiger partial charge in [-0.25, -0.2) is 0 Å². The van der Waals surface area contributed by atoms with Crippen molar-refractivity contribution in [1.82, 2.24) is 0 Å². The van der Waals surface area contributed by atoms with Gasteiger partial charge in [-0.2, -0.15) is 0 Å². The van der Waals surface area contributed by atoms with Crippen molar-refractivity contribution in [2.75, 3.05) is 0 Å². The molecule has 4 heteroatoms. The Balaban J connectivity index is 0.00000253. The summed E-state index contributed by atoms with van der Waals surface area (Å²) in [5.74, 6) is 0.525. The molecule has 0 bridgehead atoms. The summed E-state index contributed by atoms with van der Waals surface area (Å²) in [7, 11) is -1.45. The zero-order chi connectivity index (χ0) is 30.1. The van der Waals surface area contributed by atoms with Crippen molar-refractivity contribution < 1.29 is 46.1 Å². The Hall–Kier alpha value is -1.31. The molecule has 0 amide bonds. The molecule has 0 radical (unpaired) electrons. The Bertz CT molecular complexity index is 1540. The van der Waals surface area contributed by atoms with Crippen LogP contribution in [0.25, 0.3) is 11.1 Å². The predicted octanol–water partition coefficient (Wildman–Crippen LogP) is 4.86. The van der Waals surface area contributed by atoms with E-state index >= 15 is 0 Å². The molecule has 2 aliphatic rings. The average Bonchev–Trinajstić information content (AvgIpc) is 3.35. The predicted molar refractivity (Wildman–Crippen MR) is 181 cm³/mol. The van der Waals surface area contributed by atoms with Gasteiger partial charge in [-0.3, -0.25) is 0 Å². The molecule has 1 unspecified atom stereocenters. The van der Waals surface area contributed by atoms with Crippen LogP contribution in [0.4, 0.5) is 0 Å². The minimum atomic E-state index is -2.53. The Kier molecular flexibility index (Phi) is 10.8. The van der Waals surface area contributed by atoms with Crippen molar-refractivity contribution in [1.29, 1.82) is 0 Å². The van der Waals surface area contributed by atoms with Crippen LogP contribution < -0.4 is 24.8 Å². The molecule has 0 aromatic heterocycles. The van der Waals surface area contributed by atoms with Crippen LogP contribution >= 0.6 is 0 Å². The van der Waals surface area contributed by atoms with Crippen LogP contribution in [0.2, 0.25) is 19.6 Å². The third-order valence-electron chi connectivity index (χ3n) is 9.26. The fourth-order valence-electron chi connectivity index (χ4n) is 6.92. The zero-order valence-corrected chi connectivity index (χ0v) is 33.3. The van der Waals surface area contributed by atoms with Gasteiger partial charge in [-0.1, -0.05) is 0 Å². The van der Waals surface area contributed by atoms with E-state index in [0.717, 1.165) is 0 Å². The van der Waals surface area contributed by atoms with Crippen LogP contribution in [-0.4, -0.2) is 11.8 Å². The van der Waals surface area contributed by atoms with Gasteiger partial charge in [0, 0.05) is 0 Å². The third kappa shape index (κ3) is 7.09. The second kappa shape index (κ2) is 12.8. The standard InChI is InChI=1S/C21H25.C10H17Si.C8H8.2ClH.Zr/c1-20(2,3)16-7-9-18-14(12-16)11-15-13-17(21(4,5)6)8-10-19(15)18;1-8-6-9(2)10(7-8)11(3,4)5;1-7-3-5-8(2)6-4-7;;;/h7-13H,1-6H3;7-8H,1-5H3;1,3-6H,2H3;2*1H;/q;;;;;+2/p-2. The van der Waals surface area contributed by atoms with Gasteiger partial charge < -0.3 is 24.8 Å². The number of benzene rings is 3. The third-order valence-corrected chi connectivity index (χ3v) is 19.6. The molecule has 0 N–H and O–H groups in total. The van der Waals surface area contributed by atoms with Crippen molar-refractivity contribution in [3.8, 4) is 11.1 Å². The van der Waals surface area contributed by atoms with E-state index in [9.17, 15) is 0 Å². The maximum atomic E-state index is 2.80. The summed E-state index contributed by atoms with van der Waals surface area (Å²) in [6.07, 6.45) is 2.66. The molecule has 0 aliphatic heterocycles. The first kappa shape index (κ1) is 36.2. The summed E-state index contributed by atoms with van der Waals surface area (Å²) in [6, 6.07) is 24.2. The van der Waals surface area contributed by atoms with Gasteiger partial charge in [0.1, 0.15) is 0 Å². The van der Waals surface area contributed by atoms with Gasteiger partial charge in [-0.05, 0) is 0 Å². The largest absolute Gasteiger partial charge is 1.00 e. The summed E-state index contributed by atoms with van der Waals surface area (Å²) in [6.45, 7) is 28.9. The molecule has 1 atom stereocenters. The molecular weight excluding hydrogens is 659 g/mol. The molecule has 3 aromatic rings. The van der Waals surface area contributed by atoms with E-state index in [4.69, 9.17) is 0 Å². The first-order valence-electron chi connectivity index (χ1n) is 15.5. The van der Waals surface area contributed by atoms with Crippen LogP contribution in [0.1, 0.15) is 92.4 Å². The van der Waals surface area contributed by atoms with E-state index in [1.165, 1.54) is 33.4 Å². The Labute approximate surface area is 283 Å². The van der Waals surface area contributed by atoms with Gasteiger partial charge in [0.25, 0.3) is 0 Å². The van der Waals surface area contributed by atoms with Crippen LogP contribution in [-0.2, 0) is 32.1 Å². The van der Waals surface area contributed by atoms with Crippen molar-refractivity contribution >= 4 is 11.8 Å².